The van der Waals surface area contributed by atoms with E-state index in [1.807, 2.05) is 30.3 Å². The number of rotatable bonds is 5. The lowest BCUT2D eigenvalue weighted by molar-refractivity contribution is 0.274. The molecular formula is C19H23NO2. The van der Waals surface area contributed by atoms with Crippen LogP contribution in [0.1, 0.15) is 36.4 Å². The smallest absolute Gasteiger partial charge is 0.166 e. The zero-order chi connectivity index (χ0) is 15.2. The molecule has 0 aliphatic carbocycles. The monoisotopic (exact) mass is 297 g/mol. The summed E-state index contributed by atoms with van der Waals surface area (Å²) in [5, 5.41) is 3.59. The van der Waals surface area contributed by atoms with E-state index in [-0.39, 0.29) is 0 Å². The van der Waals surface area contributed by atoms with Gasteiger partial charge >= 0.3 is 0 Å². The molecule has 3 nitrogen and oxygen atoms in total. The highest BCUT2D eigenvalue weighted by Crippen LogP contribution is 2.38. The highest BCUT2D eigenvalue weighted by molar-refractivity contribution is 5.48. The van der Waals surface area contributed by atoms with Crippen LogP contribution in [0.3, 0.4) is 0 Å². The summed E-state index contributed by atoms with van der Waals surface area (Å²) in [6, 6.07) is 16.7. The molecular weight excluding hydrogens is 274 g/mol. The molecule has 22 heavy (non-hydrogen) atoms. The normalized spacial score (nSPS) is 18.0. The summed E-state index contributed by atoms with van der Waals surface area (Å²) >= 11 is 0. The van der Waals surface area contributed by atoms with Crippen molar-refractivity contribution in [1.82, 2.24) is 5.32 Å². The van der Waals surface area contributed by atoms with Gasteiger partial charge in [0.1, 0.15) is 6.61 Å². The van der Waals surface area contributed by atoms with Crippen molar-refractivity contribution in [2.75, 3.05) is 13.7 Å². The number of benzene rings is 2. The minimum atomic E-state index is 0.356. The minimum absolute atomic E-state index is 0.356. The Bertz CT molecular complexity index is 592. The standard InChI is InChI=1S/C19H23NO2/c1-21-18-12-7-10-16(17-11-5-6-13-20-17)19(18)22-14-15-8-3-2-4-9-15/h2-4,7-10,12,17,20H,5-6,11,13-14H2,1H3. The first-order valence-corrected chi connectivity index (χ1v) is 7.95. The molecule has 1 fully saturated rings. The molecule has 116 valence electrons. The van der Waals surface area contributed by atoms with Crippen LogP contribution in [0, 0.1) is 0 Å². The summed E-state index contributed by atoms with van der Waals surface area (Å²) in [6.45, 7) is 1.63. The highest BCUT2D eigenvalue weighted by atomic mass is 16.5. The maximum absolute atomic E-state index is 6.13. The Kier molecular flexibility index (Phi) is 4.96. The summed E-state index contributed by atoms with van der Waals surface area (Å²) in [5.74, 6) is 1.68. The fraction of sp³-hybridized carbons (Fsp3) is 0.368. The van der Waals surface area contributed by atoms with E-state index >= 15 is 0 Å². The molecule has 2 aromatic carbocycles. The summed E-state index contributed by atoms with van der Waals surface area (Å²) in [7, 11) is 1.70. The van der Waals surface area contributed by atoms with Crippen LogP contribution in [0.25, 0.3) is 0 Å². The van der Waals surface area contributed by atoms with Gasteiger partial charge in [-0.3, -0.25) is 0 Å². The quantitative estimate of drug-likeness (QED) is 0.901. The van der Waals surface area contributed by atoms with E-state index in [2.05, 4.69) is 23.5 Å². The van der Waals surface area contributed by atoms with Crippen molar-refractivity contribution < 1.29 is 9.47 Å². The van der Waals surface area contributed by atoms with E-state index in [0.29, 0.717) is 12.6 Å². The lowest BCUT2D eigenvalue weighted by Gasteiger charge is -2.26. The van der Waals surface area contributed by atoms with Gasteiger partial charge in [0.25, 0.3) is 0 Å². The molecule has 0 aromatic heterocycles. The Hall–Kier alpha value is -2.00. The molecule has 1 heterocycles. The van der Waals surface area contributed by atoms with Gasteiger partial charge in [0, 0.05) is 11.6 Å². The Morgan fingerprint density at radius 3 is 2.64 bits per heavy atom. The van der Waals surface area contributed by atoms with Gasteiger partial charge in [0.15, 0.2) is 11.5 Å². The van der Waals surface area contributed by atoms with Crippen LogP contribution >= 0.6 is 0 Å². The fourth-order valence-electron chi connectivity index (χ4n) is 2.97. The molecule has 0 spiro atoms. The van der Waals surface area contributed by atoms with Crippen molar-refractivity contribution in [3.63, 3.8) is 0 Å². The SMILES string of the molecule is COc1cccc(C2CCCCN2)c1OCc1ccccc1. The van der Waals surface area contributed by atoms with E-state index in [1.165, 1.54) is 18.4 Å². The summed E-state index contributed by atoms with van der Waals surface area (Å²) < 4.78 is 11.6. The fourth-order valence-corrected chi connectivity index (χ4v) is 2.97. The predicted octanol–water partition coefficient (Wildman–Crippen LogP) is 4.09. The van der Waals surface area contributed by atoms with Gasteiger partial charge in [0.2, 0.25) is 0 Å². The van der Waals surface area contributed by atoms with E-state index in [0.717, 1.165) is 30.0 Å². The van der Waals surface area contributed by atoms with E-state index in [4.69, 9.17) is 9.47 Å². The molecule has 3 heteroatoms. The zero-order valence-electron chi connectivity index (χ0n) is 13.0. The molecule has 1 N–H and O–H groups in total. The first-order chi connectivity index (χ1) is 10.9. The van der Waals surface area contributed by atoms with Crippen LogP contribution < -0.4 is 14.8 Å². The maximum atomic E-state index is 6.13. The molecule has 1 aliphatic rings. The number of hydrogen-bond acceptors (Lipinski definition) is 3. The number of para-hydroxylation sites is 1. The Balaban J connectivity index is 1.83. The minimum Gasteiger partial charge on any atom is -0.493 e. The zero-order valence-corrected chi connectivity index (χ0v) is 13.0. The van der Waals surface area contributed by atoms with Crippen molar-refractivity contribution in [2.45, 2.75) is 31.9 Å². The van der Waals surface area contributed by atoms with Gasteiger partial charge in [-0.2, -0.15) is 0 Å². The third-order valence-corrected chi connectivity index (χ3v) is 4.14. The van der Waals surface area contributed by atoms with E-state index < -0.39 is 0 Å². The van der Waals surface area contributed by atoms with Crippen molar-refractivity contribution in [3.05, 3.63) is 59.7 Å². The summed E-state index contributed by atoms with van der Waals surface area (Å²) in [5.41, 5.74) is 2.37. The molecule has 1 aliphatic heterocycles. The lowest BCUT2D eigenvalue weighted by Crippen LogP contribution is -2.27. The molecule has 0 saturated carbocycles. The van der Waals surface area contributed by atoms with Crippen molar-refractivity contribution >= 4 is 0 Å². The Morgan fingerprint density at radius 2 is 1.91 bits per heavy atom. The average molecular weight is 297 g/mol. The van der Waals surface area contributed by atoms with Gasteiger partial charge < -0.3 is 14.8 Å². The maximum Gasteiger partial charge on any atom is 0.166 e. The van der Waals surface area contributed by atoms with Crippen LogP contribution in [0.2, 0.25) is 0 Å². The highest BCUT2D eigenvalue weighted by Gasteiger charge is 2.21. The molecule has 0 radical (unpaired) electrons. The topological polar surface area (TPSA) is 30.5 Å². The first kappa shape index (κ1) is 14.9. The second kappa shape index (κ2) is 7.32. The van der Waals surface area contributed by atoms with E-state index in [9.17, 15) is 0 Å². The largest absolute Gasteiger partial charge is 0.493 e. The van der Waals surface area contributed by atoms with Crippen LogP contribution in [-0.2, 0) is 6.61 Å². The number of methoxy groups -OCH3 is 1. The number of nitrogens with one attached hydrogen (secondary N) is 1. The van der Waals surface area contributed by atoms with Gasteiger partial charge in [-0.15, -0.1) is 0 Å². The van der Waals surface area contributed by atoms with Gasteiger partial charge in [-0.05, 0) is 31.0 Å². The van der Waals surface area contributed by atoms with Gasteiger partial charge in [-0.1, -0.05) is 48.9 Å². The molecule has 3 rings (SSSR count). The molecule has 1 atom stereocenters. The van der Waals surface area contributed by atoms with Crippen LogP contribution in [0.4, 0.5) is 0 Å². The average Bonchev–Trinajstić information content (AvgIpc) is 2.61. The molecule has 1 unspecified atom stereocenters. The second-order valence-corrected chi connectivity index (χ2v) is 5.66. The third kappa shape index (κ3) is 3.42. The predicted molar refractivity (Wildman–Crippen MR) is 88.4 cm³/mol. The van der Waals surface area contributed by atoms with Crippen molar-refractivity contribution in [1.29, 1.82) is 0 Å². The number of piperidine rings is 1. The number of hydrogen-bond donors (Lipinski definition) is 1. The van der Waals surface area contributed by atoms with E-state index in [1.54, 1.807) is 7.11 Å². The Morgan fingerprint density at radius 1 is 1.05 bits per heavy atom. The molecule has 0 amide bonds. The molecule has 2 aromatic rings. The van der Waals surface area contributed by atoms with Crippen LogP contribution in [-0.4, -0.2) is 13.7 Å². The second-order valence-electron chi connectivity index (χ2n) is 5.66. The third-order valence-electron chi connectivity index (χ3n) is 4.14. The van der Waals surface area contributed by atoms with Crippen molar-refractivity contribution in [2.24, 2.45) is 0 Å². The lowest BCUT2D eigenvalue weighted by atomic mass is 9.96. The van der Waals surface area contributed by atoms with Crippen LogP contribution in [0.5, 0.6) is 11.5 Å². The summed E-state index contributed by atoms with van der Waals surface area (Å²) in [6.07, 6.45) is 3.66. The first-order valence-electron chi connectivity index (χ1n) is 7.95. The Labute approximate surface area is 132 Å². The summed E-state index contributed by atoms with van der Waals surface area (Å²) in [4.78, 5) is 0. The molecule has 1 saturated heterocycles. The number of ether oxygens (including phenoxy) is 2. The van der Waals surface area contributed by atoms with Crippen LogP contribution in [0.15, 0.2) is 48.5 Å². The van der Waals surface area contributed by atoms with Gasteiger partial charge in [0.05, 0.1) is 7.11 Å². The molecule has 0 bridgehead atoms. The van der Waals surface area contributed by atoms with Gasteiger partial charge in [-0.25, -0.2) is 0 Å². The van der Waals surface area contributed by atoms with Crippen molar-refractivity contribution in [3.8, 4) is 11.5 Å².